The topological polar surface area (TPSA) is 179 Å². The Bertz CT molecular complexity index is 637. The van der Waals surface area contributed by atoms with Crippen LogP contribution in [0.25, 0.3) is 0 Å². The molecule has 0 aromatic heterocycles. The fraction of sp³-hybridized carbons (Fsp3) is 0.706. The lowest BCUT2D eigenvalue weighted by Crippen LogP contribution is -2.57. The molecule has 1 aliphatic heterocycles. The number of carboxylic acid groups (broad SMARTS) is 2. The van der Waals surface area contributed by atoms with Gasteiger partial charge in [-0.15, -0.1) is 0 Å². The molecule has 1 saturated heterocycles. The van der Waals surface area contributed by atoms with Gasteiger partial charge >= 0.3 is 11.9 Å². The predicted molar refractivity (Wildman–Crippen MR) is 97.0 cm³/mol. The third-order valence-electron chi connectivity index (χ3n) is 4.58. The van der Waals surface area contributed by atoms with E-state index in [2.05, 4.69) is 10.6 Å². The Kier molecular flexibility index (Phi) is 8.35. The summed E-state index contributed by atoms with van der Waals surface area (Å²) < 4.78 is 0. The average Bonchev–Trinajstić information content (AvgIpc) is 3.08. The van der Waals surface area contributed by atoms with Gasteiger partial charge in [-0.05, 0) is 25.7 Å². The number of carboxylic acids is 2. The highest BCUT2D eigenvalue weighted by Gasteiger charge is 2.37. The van der Waals surface area contributed by atoms with Gasteiger partial charge in [-0.25, -0.2) is 4.79 Å². The summed E-state index contributed by atoms with van der Waals surface area (Å²) in [6, 6.07) is -4.38. The summed E-state index contributed by atoms with van der Waals surface area (Å²) in [6.45, 7) is 5.03. The van der Waals surface area contributed by atoms with Gasteiger partial charge in [-0.2, -0.15) is 0 Å². The standard InChI is InChI=1S/C17H28N4O7/c1-8(2)13(18)15(25)20-10(7-12(22)23)14(24)19-9(3)16(26)21-6-4-5-11(21)17(27)28/h8-11,13H,4-7,18H2,1-3H3,(H,19,24)(H,20,25)(H,22,23)(H,27,28). The van der Waals surface area contributed by atoms with Crippen LogP contribution in [0, 0.1) is 5.92 Å². The Labute approximate surface area is 162 Å². The fourth-order valence-electron chi connectivity index (χ4n) is 2.87. The van der Waals surface area contributed by atoms with E-state index in [0.717, 1.165) is 0 Å². The molecule has 11 heteroatoms. The normalized spacial score (nSPS) is 19.6. The molecule has 1 fully saturated rings. The van der Waals surface area contributed by atoms with Crippen molar-refractivity contribution in [2.75, 3.05) is 6.54 Å². The average molecular weight is 400 g/mol. The van der Waals surface area contributed by atoms with E-state index in [1.54, 1.807) is 13.8 Å². The van der Waals surface area contributed by atoms with E-state index >= 15 is 0 Å². The van der Waals surface area contributed by atoms with Crippen molar-refractivity contribution in [1.29, 1.82) is 0 Å². The summed E-state index contributed by atoms with van der Waals surface area (Å²) in [6.07, 6.45) is 0.172. The first-order valence-electron chi connectivity index (χ1n) is 9.07. The van der Waals surface area contributed by atoms with E-state index in [1.165, 1.54) is 11.8 Å². The minimum Gasteiger partial charge on any atom is -0.481 e. The molecule has 3 amide bonds. The number of nitrogens with one attached hydrogen (secondary N) is 2. The van der Waals surface area contributed by atoms with E-state index in [9.17, 15) is 29.1 Å². The van der Waals surface area contributed by atoms with Gasteiger partial charge in [0, 0.05) is 6.54 Å². The number of rotatable bonds is 9. The molecular weight excluding hydrogens is 372 g/mol. The van der Waals surface area contributed by atoms with Crippen LogP contribution in [-0.4, -0.2) is 75.5 Å². The maximum atomic E-state index is 12.5. The smallest absolute Gasteiger partial charge is 0.326 e. The number of hydrogen-bond acceptors (Lipinski definition) is 6. The van der Waals surface area contributed by atoms with Crippen LogP contribution >= 0.6 is 0 Å². The molecule has 0 aliphatic carbocycles. The lowest BCUT2D eigenvalue weighted by molar-refractivity contribution is -0.149. The van der Waals surface area contributed by atoms with Crippen LogP contribution in [0.1, 0.15) is 40.0 Å². The summed E-state index contributed by atoms with van der Waals surface area (Å²) in [7, 11) is 0. The zero-order chi connectivity index (χ0) is 21.6. The number of nitrogens with zero attached hydrogens (tertiary/aromatic N) is 1. The predicted octanol–water partition coefficient (Wildman–Crippen LogP) is -1.49. The molecule has 158 valence electrons. The Morgan fingerprint density at radius 2 is 1.68 bits per heavy atom. The zero-order valence-electron chi connectivity index (χ0n) is 16.2. The number of hydrogen-bond donors (Lipinski definition) is 5. The molecule has 0 saturated carbocycles. The molecule has 11 nitrogen and oxygen atoms in total. The highest BCUT2D eigenvalue weighted by Crippen LogP contribution is 2.18. The van der Waals surface area contributed by atoms with Gasteiger partial charge in [0.25, 0.3) is 0 Å². The van der Waals surface area contributed by atoms with Gasteiger partial charge in [0.1, 0.15) is 18.1 Å². The molecule has 0 spiro atoms. The van der Waals surface area contributed by atoms with Crippen molar-refractivity contribution in [3.05, 3.63) is 0 Å². The molecule has 1 rings (SSSR count). The van der Waals surface area contributed by atoms with Crippen LogP contribution < -0.4 is 16.4 Å². The number of carbonyl (C=O) groups is 5. The van der Waals surface area contributed by atoms with E-state index in [-0.39, 0.29) is 12.5 Å². The van der Waals surface area contributed by atoms with Crippen LogP contribution in [0.3, 0.4) is 0 Å². The number of carbonyl (C=O) groups excluding carboxylic acids is 3. The van der Waals surface area contributed by atoms with E-state index in [1.807, 2.05) is 0 Å². The first-order valence-corrected chi connectivity index (χ1v) is 9.07. The van der Waals surface area contributed by atoms with E-state index < -0.39 is 60.2 Å². The quantitative estimate of drug-likeness (QED) is 0.310. The second kappa shape index (κ2) is 10.0. The summed E-state index contributed by atoms with van der Waals surface area (Å²) in [5.74, 6) is -4.79. The maximum absolute atomic E-state index is 12.5. The monoisotopic (exact) mass is 400 g/mol. The van der Waals surface area contributed by atoms with Gasteiger partial charge < -0.3 is 31.5 Å². The number of amides is 3. The first-order chi connectivity index (χ1) is 13.0. The van der Waals surface area contributed by atoms with Gasteiger partial charge in [0.2, 0.25) is 17.7 Å². The Balaban J connectivity index is 2.80. The van der Waals surface area contributed by atoms with E-state index in [0.29, 0.717) is 12.8 Å². The Morgan fingerprint density at radius 3 is 2.18 bits per heavy atom. The molecule has 4 unspecified atom stereocenters. The summed E-state index contributed by atoms with van der Waals surface area (Å²) >= 11 is 0. The van der Waals surface area contributed by atoms with Crippen molar-refractivity contribution in [2.45, 2.75) is 64.2 Å². The number of likely N-dealkylation sites (tertiary alicyclic amines) is 1. The number of aliphatic carboxylic acids is 2. The van der Waals surface area contributed by atoms with Crippen molar-refractivity contribution in [1.82, 2.24) is 15.5 Å². The molecule has 1 aliphatic rings. The molecule has 6 N–H and O–H groups in total. The summed E-state index contributed by atoms with van der Waals surface area (Å²) in [5, 5.41) is 22.8. The highest BCUT2D eigenvalue weighted by molar-refractivity contribution is 5.95. The van der Waals surface area contributed by atoms with Crippen LogP contribution in [0.2, 0.25) is 0 Å². The lowest BCUT2D eigenvalue weighted by Gasteiger charge is -2.27. The van der Waals surface area contributed by atoms with Crippen molar-refractivity contribution in [3.8, 4) is 0 Å². The third kappa shape index (κ3) is 6.19. The van der Waals surface area contributed by atoms with Crippen LogP contribution in [0.15, 0.2) is 0 Å². The molecule has 0 aromatic rings. The van der Waals surface area contributed by atoms with Gasteiger partial charge in [0.05, 0.1) is 12.5 Å². The number of nitrogens with two attached hydrogens (primary N) is 1. The third-order valence-corrected chi connectivity index (χ3v) is 4.58. The Morgan fingerprint density at radius 1 is 1.07 bits per heavy atom. The maximum Gasteiger partial charge on any atom is 0.326 e. The lowest BCUT2D eigenvalue weighted by atomic mass is 10.0. The van der Waals surface area contributed by atoms with Crippen molar-refractivity contribution in [2.24, 2.45) is 11.7 Å². The largest absolute Gasteiger partial charge is 0.481 e. The van der Waals surface area contributed by atoms with Crippen molar-refractivity contribution in [3.63, 3.8) is 0 Å². The van der Waals surface area contributed by atoms with Crippen LogP contribution in [-0.2, 0) is 24.0 Å². The summed E-state index contributed by atoms with van der Waals surface area (Å²) in [4.78, 5) is 60.4. The molecular formula is C17H28N4O7. The molecule has 4 atom stereocenters. The minimum absolute atomic E-state index is 0.225. The molecule has 0 bridgehead atoms. The van der Waals surface area contributed by atoms with Gasteiger partial charge in [-0.1, -0.05) is 13.8 Å². The molecule has 0 aromatic carbocycles. The van der Waals surface area contributed by atoms with Crippen LogP contribution in [0.4, 0.5) is 0 Å². The zero-order valence-corrected chi connectivity index (χ0v) is 16.2. The minimum atomic E-state index is -1.42. The molecule has 28 heavy (non-hydrogen) atoms. The molecule has 0 radical (unpaired) electrons. The van der Waals surface area contributed by atoms with Crippen LogP contribution in [0.5, 0.6) is 0 Å². The summed E-state index contributed by atoms with van der Waals surface area (Å²) in [5.41, 5.74) is 5.71. The Hall–Kier alpha value is -2.69. The van der Waals surface area contributed by atoms with Gasteiger partial charge in [-0.3, -0.25) is 19.2 Å². The van der Waals surface area contributed by atoms with Crippen molar-refractivity contribution >= 4 is 29.7 Å². The molecule has 1 heterocycles. The highest BCUT2D eigenvalue weighted by atomic mass is 16.4. The second-order valence-electron chi connectivity index (χ2n) is 7.19. The SMILES string of the molecule is CC(NC(=O)C(CC(=O)O)NC(=O)C(N)C(C)C)C(=O)N1CCCC1C(=O)O. The second-order valence-corrected chi connectivity index (χ2v) is 7.19. The fourth-order valence-corrected chi connectivity index (χ4v) is 2.87. The first kappa shape index (κ1) is 23.3. The van der Waals surface area contributed by atoms with Crippen molar-refractivity contribution < 1.29 is 34.2 Å². The van der Waals surface area contributed by atoms with E-state index in [4.69, 9.17) is 10.8 Å². The van der Waals surface area contributed by atoms with Gasteiger partial charge in [0.15, 0.2) is 0 Å².